The van der Waals surface area contributed by atoms with Crippen molar-refractivity contribution >= 4 is 11.3 Å². The Morgan fingerprint density at radius 2 is 1.50 bits per heavy atom. The Labute approximate surface area is 132 Å². The van der Waals surface area contributed by atoms with Gasteiger partial charge in [-0.3, -0.25) is 0 Å². The second kappa shape index (κ2) is 5.58. The Hall–Kier alpha value is -2.72. The van der Waals surface area contributed by atoms with Gasteiger partial charge in [-0.2, -0.15) is 0 Å². The normalized spacial score (nSPS) is 10.7. The molecule has 0 spiro atoms. The van der Waals surface area contributed by atoms with E-state index in [2.05, 4.69) is 39.6 Å². The number of imidazole rings is 1. The van der Waals surface area contributed by atoms with Gasteiger partial charge in [0.1, 0.15) is 10.7 Å². The summed E-state index contributed by atoms with van der Waals surface area (Å²) in [6.45, 7) is 0. The first kappa shape index (κ1) is 13.0. The lowest BCUT2D eigenvalue weighted by molar-refractivity contribution is 1.30. The second-order valence-corrected chi connectivity index (χ2v) is 5.75. The average molecular weight is 303 g/mol. The molecule has 22 heavy (non-hydrogen) atoms. The largest absolute Gasteiger partial charge is 0.342 e. The second-order valence-electron chi connectivity index (χ2n) is 4.90. The van der Waals surface area contributed by atoms with Crippen LogP contribution in [-0.2, 0) is 0 Å². The first-order chi connectivity index (χ1) is 10.9. The van der Waals surface area contributed by atoms with Gasteiger partial charge >= 0.3 is 0 Å². The Bertz CT molecular complexity index is 879. The number of H-pyrrole nitrogens is 1. The highest BCUT2D eigenvalue weighted by Gasteiger charge is 2.14. The van der Waals surface area contributed by atoms with E-state index < -0.39 is 0 Å². The summed E-state index contributed by atoms with van der Waals surface area (Å²) in [7, 11) is 0. The van der Waals surface area contributed by atoms with E-state index in [1.807, 2.05) is 36.4 Å². The van der Waals surface area contributed by atoms with Gasteiger partial charge in [0.05, 0.1) is 17.7 Å². The molecule has 0 atom stereocenters. The molecule has 2 aromatic carbocycles. The number of nitrogens with zero attached hydrogens (tertiary/aromatic N) is 2. The quantitative estimate of drug-likeness (QED) is 0.587. The van der Waals surface area contributed by atoms with E-state index in [9.17, 15) is 0 Å². The summed E-state index contributed by atoms with van der Waals surface area (Å²) in [5, 5.41) is 3.04. The van der Waals surface area contributed by atoms with Crippen molar-refractivity contribution < 1.29 is 0 Å². The van der Waals surface area contributed by atoms with Crippen molar-refractivity contribution in [2.45, 2.75) is 0 Å². The molecule has 4 aromatic rings. The molecule has 0 radical (unpaired) electrons. The number of thiazole rings is 1. The number of aromatic amines is 1. The first-order valence-electron chi connectivity index (χ1n) is 7.02. The van der Waals surface area contributed by atoms with E-state index in [1.54, 1.807) is 17.7 Å². The number of benzene rings is 2. The van der Waals surface area contributed by atoms with Gasteiger partial charge in [-0.05, 0) is 0 Å². The topological polar surface area (TPSA) is 41.6 Å². The van der Waals surface area contributed by atoms with E-state index in [-0.39, 0.29) is 0 Å². The van der Waals surface area contributed by atoms with E-state index in [0.29, 0.717) is 0 Å². The van der Waals surface area contributed by atoms with Crippen LogP contribution in [0.3, 0.4) is 0 Å². The lowest BCUT2D eigenvalue weighted by Gasteiger charge is -2.00. The highest BCUT2D eigenvalue weighted by Crippen LogP contribution is 2.33. The molecule has 2 aromatic heterocycles. The zero-order valence-corrected chi connectivity index (χ0v) is 12.5. The maximum Gasteiger partial charge on any atom is 0.142 e. The molecular formula is C18H13N3S. The zero-order chi connectivity index (χ0) is 14.8. The van der Waals surface area contributed by atoms with Gasteiger partial charge in [0.2, 0.25) is 0 Å². The fraction of sp³-hybridized carbons (Fsp3) is 0. The van der Waals surface area contributed by atoms with Crippen LogP contribution < -0.4 is 0 Å². The number of hydrogen-bond acceptors (Lipinski definition) is 3. The first-order valence-corrected chi connectivity index (χ1v) is 7.90. The third kappa shape index (κ3) is 2.34. The van der Waals surface area contributed by atoms with Gasteiger partial charge < -0.3 is 4.98 Å². The molecule has 0 saturated heterocycles. The van der Waals surface area contributed by atoms with Crippen LogP contribution in [0.5, 0.6) is 0 Å². The van der Waals surface area contributed by atoms with E-state index in [0.717, 1.165) is 33.2 Å². The molecule has 1 N–H and O–H groups in total. The van der Waals surface area contributed by atoms with Crippen molar-refractivity contribution in [3.63, 3.8) is 0 Å². The third-order valence-corrected chi connectivity index (χ3v) is 4.33. The summed E-state index contributed by atoms with van der Waals surface area (Å²) in [5.74, 6) is 0. The summed E-state index contributed by atoms with van der Waals surface area (Å²) >= 11 is 1.63. The summed E-state index contributed by atoms with van der Waals surface area (Å²) < 4.78 is 0. The van der Waals surface area contributed by atoms with Crippen LogP contribution in [0, 0.1) is 0 Å². The molecule has 0 saturated carbocycles. The molecule has 2 heterocycles. The van der Waals surface area contributed by atoms with E-state index in [4.69, 9.17) is 4.98 Å². The highest BCUT2D eigenvalue weighted by molar-refractivity contribution is 7.13. The van der Waals surface area contributed by atoms with Crippen LogP contribution in [0.2, 0.25) is 0 Å². The average Bonchev–Trinajstić information content (AvgIpc) is 3.25. The van der Waals surface area contributed by atoms with Crippen LogP contribution in [0.25, 0.3) is 33.2 Å². The zero-order valence-electron chi connectivity index (χ0n) is 11.7. The van der Waals surface area contributed by atoms with Crippen molar-refractivity contribution in [1.29, 1.82) is 0 Å². The van der Waals surface area contributed by atoms with Gasteiger partial charge in [-0.25, -0.2) is 9.97 Å². The minimum absolute atomic E-state index is 0.939. The molecule has 0 bridgehead atoms. The lowest BCUT2D eigenvalue weighted by atomic mass is 10.1. The van der Waals surface area contributed by atoms with Crippen molar-refractivity contribution in [3.05, 3.63) is 72.4 Å². The Morgan fingerprint density at radius 1 is 0.818 bits per heavy atom. The lowest BCUT2D eigenvalue weighted by Crippen LogP contribution is -1.84. The molecular weight excluding hydrogens is 290 g/mol. The van der Waals surface area contributed by atoms with E-state index in [1.165, 1.54) is 0 Å². The van der Waals surface area contributed by atoms with Crippen LogP contribution in [0.1, 0.15) is 0 Å². The van der Waals surface area contributed by atoms with Crippen LogP contribution in [0.4, 0.5) is 0 Å². The molecule has 106 valence electrons. The summed E-state index contributed by atoms with van der Waals surface area (Å²) in [6, 6.07) is 20.4. The molecule has 0 aliphatic carbocycles. The van der Waals surface area contributed by atoms with Crippen molar-refractivity contribution in [1.82, 2.24) is 15.0 Å². The molecule has 0 aliphatic heterocycles. The fourth-order valence-corrected chi connectivity index (χ4v) is 3.24. The van der Waals surface area contributed by atoms with Crippen molar-refractivity contribution in [2.24, 2.45) is 0 Å². The van der Waals surface area contributed by atoms with Crippen molar-refractivity contribution in [2.75, 3.05) is 0 Å². The van der Waals surface area contributed by atoms with Crippen molar-refractivity contribution in [3.8, 4) is 33.2 Å². The Kier molecular flexibility index (Phi) is 3.29. The molecule has 0 unspecified atom stereocenters. The highest BCUT2D eigenvalue weighted by atomic mass is 32.1. The van der Waals surface area contributed by atoms with Gasteiger partial charge in [0, 0.05) is 16.5 Å². The third-order valence-electron chi connectivity index (χ3n) is 3.47. The van der Waals surface area contributed by atoms with Gasteiger partial charge in [0.25, 0.3) is 0 Å². The van der Waals surface area contributed by atoms with Gasteiger partial charge in [0.15, 0.2) is 0 Å². The van der Waals surface area contributed by atoms with Gasteiger partial charge in [-0.1, -0.05) is 60.7 Å². The Morgan fingerprint density at radius 3 is 2.23 bits per heavy atom. The molecule has 3 nitrogen and oxygen atoms in total. The van der Waals surface area contributed by atoms with Crippen LogP contribution in [0.15, 0.2) is 72.4 Å². The minimum Gasteiger partial charge on any atom is -0.342 e. The molecule has 4 heteroatoms. The smallest absolute Gasteiger partial charge is 0.142 e. The monoisotopic (exact) mass is 303 g/mol. The standard InChI is InChI=1S/C18H13N3S/c1-3-7-13(8-4-1)15-11-22-18(21-15)17-16(19-12-20-17)14-9-5-2-6-10-14/h1-12H,(H,19,20). The van der Waals surface area contributed by atoms with Crippen LogP contribution >= 0.6 is 11.3 Å². The molecule has 0 amide bonds. The number of hydrogen-bond donors (Lipinski definition) is 1. The summed E-state index contributed by atoms with van der Waals surface area (Å²) in [4.78, 5) is 12.4. The molecule has 0 aliphatic rings. The number of rotatable bonds is 3. The fourth-order valence-electron chi connectivity index (χ4n) is 2.40. The van der Waals surface area contributed by atoms with Crippen LogP contribution in [-0.4, -0.2) is 15.0 Å². The maximum absolute atomic E-state index is 4.76. The molecule has 4 rings (SSSR count). The predicted octanol–water partition coefficient (Wildman–Crippen LogP) is 4.87. The summed E-state index contributed by atoms with van der Waals surface area (Å²) in [6.07, 6.45) is 1.72. The molecule has 0 fully saturated rings. The predicted molar refractivity (Wildman–Crippen MR) is 90.6 cm³/mol. The number of nitrogens with one attached hydrogen (secondary N) is 1. The van der Waals surface area contributed by atoms with Gasteiger partial charge in [-0.15, -0.1) is 11.3 Å². The number of aromatic nitrogens is 3. The SMILES string of the molecule is c1ccc(-c2csc(-c3[nH]cnc3-c3ccccc3)n2)cc1. The summed E-state index contributed by atoms with van der Waals surface area (Å²) in [5.41, 5.74) is 5.13. The van der Waals surface area contributed by atoms with E-state index >= 15 is 0 Å². The minimum atomic E-state index is 0.939. The Balaban J connectivity index is 1.76. The maximum atomic E-state index is 4.76.